The van der Waals surface area contributed by atoms with Crippen LogP contribution in [-0.2, 0) is 9.59 Å². The molecule has 0 saturated heterocycles. The van der Waals surface area contributed by atoms with Gasteiger partial charge in [-0.2, -0.15) is 0 Å². The van der Waals surface area contributed by atoms with E-state index in [1.54, 1.807) is 0 Å². The molecule has 5 heteroatoms. The number of rotatable bonds is 5. The number of hydrogen-bond donors (Lipinski definition) is 2. The molecule has 1 aromatic rings. The van der Waals surface area contributed by atoms with Gasteiger partial charge in [0.1, 0.15) is 0 Å². The largest absolute Gasteiger partial charge is 0.481 e. The van der Waals surface area contributed by atoms with Gasteiger partial charge in [-0.15, -0.1) is 11.3 Å². The Hall–Kier alpha value is -1.36. The third kappa shape index (κ3) is 4.06. The molecular weight excluding hydrogens is 262 g/mol. The van der Waals surface area contributed by atoms with Crippen molar-refractivity contribution in [1.82, 2.24) is 5.32 Å². The molecule has 0 bridgehead atoms. The van der Waals surface area contributed by atoms with Crippen LogP contribution in [0, 0.1) is 5.92 Å². The second-order valence-electron chi connectivity index (χ2n) is 5.01. The smallest absolute Gasteiger partial charge is 0.305 e. The molecule has 1 heterocycles. The molecule has 1 saturated carbocycles. The van der Waals surface area contributed by atoms with Crippen molar-refractivity contribution in [3.05, 3.63) is 22.4 Å². The van der Waals surface area contributed by atoms with E-state index >= 15 is 0 Å². The Morgan fingerprint density at radius 1 is 1.37 bits per heavy atom. The molecule has 4 nitrogen and oxygen atoms in total. The van der Waals surface area contributed by atoms with Gasteiger partial charge in [-0.1, -0.05) is 25.3 Å². The number of thiophene rings is 1. The van der Waals surface area contributed by atoms with Crippen molar-refractivity contribution in [2.45, 2.75) is 44.6 Å². The van der Waals surface area contributed by atoms with Gasteiger partial charge in [0.25, 0.3) is 0 Å². The lowest BCUT2D eigenvalue weighted by Gasteiger charge is -2.23. The number of aliphatic carboxylic acids is 1. The second-order valence-corrected chi connectivity index (χ2v) is 5.99. The van der Waals surface area contributed by atoms with E-state index in [1.807, 2.05) is 17.5 Å². The van der Waals surface area contributed by atoms with Crippen LogP contribution < -0.4 is 5.32 Å². The van der Waals surface area contributed by atoms with E-state index in [9.17, 15) is 9.59 Å². The van der Waals surface area contributed by atoms with Gasteiger partial charge in [0.2, 0.25) is 5.91 Å². The van der Waals surface area contributed by atoms with E-state index in [0.29, 0.717) is 0 Å². The number of carboxylic acids is 1. The van der Waals surface area contributed by atoms with Crippen molar-refractivity contribution in [2.24, 2.45) is 5.92 Å². The SMILES string of the molecule is O=C(O)CC(NC(=O)C1CCCCC1)c1cccs1. The number of carboxylic acid groups (broad SMARTS) is 1. The molecule has 0 aromatic carbocycles. The third-order valence-electron chi connectivity index (χ3n) is 3.56. The zero-order valence-corrected chi connectivity index (χ0v) is 11.6. The third-order valence-corrected chi connectivity index (χ3v) is 4.54. The van der Waals surface area contributed by atoms with Gasteiger partial charge < -0.3 is 10.4 Å². The molecule has 1 unspecified atom stereocenters. The first-order valence-corrected chi connectivity index (χ1v) is 7.60. The van der Waals surface area contributed by atoms with Gasteiger partial charge in [0.15, 0.2) is 0 Å². The van der Waals surface area contributed by atoms with Gasteiger partial charge >= 0.3 is 5.97 Å². The molecule has 1 amide bonds. The minimum absolute atomic E-state index is 0.0133. The summed E-state index contributed by atoms with van der Waals surface area (Å²) in [4.78, 5) is 24.0. The molecule has 104 valence electrons. The van der Waals surface area contributed by atoms with Crippen LogP contribution in [0.3, 0.4) is 0 Å². The van der Waals surface area contributed by atoms with Gasteiger partial charge in [0.05, 0.1) is 12.5 Å². The fourth-order valence-corrected chi connectivity index (χ4v) is 3.32. The van der Waals surface area contributed by atoms with Crippen molar-refractivity contribution in [2.75, 3.05) is 0 Å². The van der Waals surface area contributed by atoms with E-state index < -0.39 is 12.0 Å². The van der Waals surface area contributed by atoms with Crippen molar-refractivity contribution in [3.8, 4) is 0 Å². The fourth-order valence-electron chi connectivity index (χ4n) is 2.54. The van der Waals surface area contributed by atoms with E-state index in [2.05, 4.69) is 5.32 Å². The summed E-state index contributed by atoms with van der Waals surface area (Å²) in [7, 11) is 0. The predicted molar refractivity (Wildman–Crippen MR) is 74.0 cm³/mol. The van der Waals surface area contributed by atoms with Crippen molar-refractivity contribution < 1.29 is 14.7 Å². The number of hydrogen-bond acceptors (Lipinski definition) is 3. The Labute approximate surface area is 116 Å². The second kappa shape index (κ2) is 6.70. The van der Waals surface area contributed by atoms with Crippen molar-refractivity contribution in [3.63, 3.8) is 0 Å². The summed E-state index contributed by atoms with van der Waals surface area (Å²) in [5.74, 6) is -0.813. The number of carbonyl (C=O) groups excluding carboxylic acids is 1. The van der Waals surface area contributed by atoms with Crippen LogP contribution in [0.1, 0.15) is 49.4 Å². The molecule has 0 aliphatic heterocycles. The highest BCUT2D eigenvalue weighted by molar-refractivity contribution is 7.10. The van der Waals surface area contributed by atoms with E-state index in [1.165, 1.54) is 17.8 Å². The fraction of sp³-hybridized carbons (Fsp3) is 0.571. The lowest BCUT2D eigenvalue weighted by Crippen LogP contribution is -2.35. The van der Waals surface area contributed by atoms with Crippen LogP contribution in [0.2, 0.25) is 0 Å². The Bertz CT molecular complexity index is 424. The van der Waals surface area contributed by atoms with Crippen LogP contribution in [0.25, 0.3) is 0 Å². The maximum atomic E-state index is 12.2. The molecule has 0 radical (unpaired) electrons. The van der Waals surface area contributed by atoms with E-state index in [-0.39, 0.29) is 18.2 Å². The van der Waals surface area contributed by atoms with Gasteiger partial charge in [0, 0.05) is 10.8 Å². The Kier molecular flexibility index (Phi) is 4.96. The lowest BCUT2D eigenvalue weighted by atomic mass is 9.88. The highest BCUT2D eigenvalue weighted by Gasteiger charge is 2.25. The van der Waals surface area contributed by atoms with Crippen LogP contribution in [0.5, 0.6) is 0 Å². The summed E-state index contributed by atoms with van der Waals surface area (Å²) in [6.45, 7) is 0. The van der Waals surface area contributed by atoms with E-state index in [0.717, 1.165) is 30.6 Å². The summed E-state index contributed by atoms with van der Waals surface area (Å²) in [6.07, 6.45) is 5.19. The molecule has 19 heavy (non-hydrogen) atoms. The first-order valence-electron chi connectivity index (χ1n) is 6.72. The summed E-state index contributed by atoms with van der Waals surface area (Å²) in [5.41, 5.74) is 0. The molecular formula is C14H19NO3S. The maximum Gasteiger partial charge on any atom is 0.305 e. The number of carbonyl (C=O) groups is 2. The molecule has 0 spiro atoms. The lowest BCUT2D eigenvalue weighted by molar-refractivity contribution is -0.138. The standard InChI is InChI=1S/C14H19NO3S/c16-13(17)9-11(12-7-4-8-19-12)15-14(18)10-5-2-1-3-6-10/h4,7-8,10-11H,1-3,5-6,9H2,(H,15,18)(H,16,17). The highest BCUT2D eigenvalue weighted by Crippen LogP contribution is 2.27. The molecule has 1 atom stereocenters. The predicted octanol–water partition coefficient (Wildman–Crippen LogP) is 2.96. The average molecular weight is 281 g/mol. The van der Waals surface area contributed by atoms with Gasteiger partial charge in [-0.25, -0.2) is 0 Å². The van der Waals surface area contributed by atoms with Gasteiger partial charge in [-0.3, -0.25) is 9.59 Å². The zero-order chi connectivity index (χ0) is 13.7. The molecule has 1 aliphatic carbocycles. The number of amides is 1. The molecule has 2 N–H and O–H groups in total. The van der Waals surface area contributed by atoms with Crippen LogP contribution in [0.15, 0.2) is 17.5 Å². The summed E-state index contributed by atoms with van der Waals surface area (Å²) < 4.78 is 0. The average Bonchev–Trinajstić information content (AvgIpc) is 2.92. The van der Waals surface area contributed by atoms with E-state index in [4.69, 9.17) is 5.11 Å². The maximum absolute atomic E-state index is 12.2. The topological polar surface area (TPSA) is 66.4 Å². The summed E-state index contributed by atoms with van der Waals surface area (Å²) in [6, 6.07) is 3.35. The van der Waals surface area contributed by atoms with Crippen LogP contribution >= 0.6 is 11.3 Å². The monoisotopic (exact) mass is 281 g/mol. The first-order chi connectivity index (χ1) is 9.16. The molecule has 1 aliphatic rings. The first kappa shape index (κ1) is 14.1. The molecule has 2 rings (SSSR count). The normalized spacial score (nSPS) is 17.9. The van der Waals surface area contributed by atoms with Crippen molar-refractivity contribution in [1.29, 1.82) is 0 Å². The summed E-state index contributed by atoms with van der Waals surface area (Å²) >= 11 is 1.48. The van der Waals surface area contributed by atoms with Crippen molar-refractivity contribution >= 4 is 23.2 Å². The highest BCUT2D eigenvalue weighted by atomic mass is 32.1. The minimum atomic E-state index is -0.887. The van der Waals surface area contributed by atoms with Crippen LogP contribution in [-0.4, -0.2) is 17.0 Å². The Balaban J connectivity index is 1.99. The number of nitrogens with one attached hydrogen (secondary N) is 1. The Morgan fingerprint density at radius 2 is 2.11 bits per heavy atom. The quantitative estimate of drug-likeness (QED) is 0.872. The van der Waals surface area contributed by atoms with Gasteiger partial charge in [-0.05, 0) is 24.3 Å². The zero-order valence-electron chi connectivity index (χ0n) is 10.8. The summed E-state index contributed by atoms with van der Waals surface area (Å²) in [5, 5.41) is 13.8. The Morgan fingerprint density at radius 3 is 2.68 bits per heavy atom. The minimum Gasteiger partial charge on any atom is -0.481 e. The molecule has 1 fully saturated rings. The molecule has 1 aromatic heterocycles. The van der Waals surface area contributed by atoms with Crippen LogP contribution in [0.4, 0.5) is 0 Å².